The molecule has 4 heteroatoms. The highest BCUT2D eigenvalue weighted by Crippen LogP contribution is 2.21. The number of hydrogen-bond acceptors (Lipinski definition) is 4. The molecule has 27 heavy (non-hydrogen) atoms. The molecule has 0 unspecified atom stereocenters. The van der Waals surface area contributed by atoms with Crippen molar-refractivity contribution in [3.8, 4) is 0 Å². The highest BCUT2D eigenvalue weighted by Gasteiger charge is 2.17. The van der Waals surface area contributed by atoms with E-state index in [1.165, 1.54) is 0 Å². The van der Waals surface area contributed by atoms with Crippen LogP contribution in [0.5, 0.6) is 0 Å². The van der Waals surface area contributed by atoms with Gasteiger partial charge in [0.15, 0.2) is 0 Å². The maximum absolute atomic E-state index is 12.6. The number of carbonyl (C=O) groups excluding carboxylic acids is 1. The minimum absolute atomic E-state index is 0.173. The SMILES string of the molecule is O=C(OC(=Nc1ccccc1)c1nccc2ccccc12)c1ccccc1. The Hall–Kier alpha value is -3.79. The minimum atomic E-state index is -0.472. The predicted molar refractivity (Wildman–Crippen MR) is 106 cm³/mol. The van der Waals surface area contributed by atoms with Crippen molar-refractivity contribution in [2.45, 2.75) is 0 Å². The Morgan fingerprint density at radius 1 is 0.778 bits per heavy atom. The van der Waals surface area contributed by atoms with Crippen molar-refractivity contribution in [3.63, 3.8) is 0 Å². The van der Waals surface area contributed by atoms with E-state index in [2.05, 4.69) is 9.98 Å². The number of aliphatic imine (C=N–C) groups is 1. The number of hydrogen-bond donors (Lipinski definition) is 0. The van der Waals surface area contributed by atoms with Crippen LogP contribution in [0.15, 0.2) is 102 Å². The molecule has 0 bridgehead atoms. The average Bonchev–Trinajstić information content (AvgIpc) is 2.74. The zero-order valence-corrected chi connectivity index (χ0v) is 14.4. The summed E-state index contributed by atoms with van der Waals surface area (Å²) >= 11 is 0. The molecule has 4 rings (SSSR count). The molecule has 0 atom stereocenters. The van der Waals surface area contributed by atoms with Crippen molar-refractivity contribution in [1.82, 2.24) is 4.98 Å². The summed E-state index contributed by atoms with van der Waals surface area (Å²) in [5.41, 5.74) is 1.67. The Balaban J connectivity index is 1.81. The van der Waals surface area contributed by atoms with E-state index < -0.39 is 5.97 Å². The first-order chi connectivity index (χ1) is 13.3. The van der Waals surface area contributed by atoms with Crippen LogP contribution in [0.1, 0.15) is 16.1 Å². The van der Waals surface area contributed by atoms with Gasteiger partial charge >= 0.3 is 5.97 Å². The first-order valence-electron chi connectivity index (χ1n) is 8.56. The van der Waals surface area contributed by atoms with E-state index in [9.17, 15) is 4.79 Å². The van der Waals surface area contributed by atoms with E-state index >= 15 is 0 Å². The maximum atomic E-state index is 12.6. The van der Waals surface area contributed by atoms with Crippen LogP contribution in [0.25, 0.3) is 10.8 Å². The van der Waals surface area contributed by atoms with Crippen molar-refractivity contribution in [1.29, 1.82) is 0 Å². The minimum Gasteiger partial charge on any atom is -0.401 e. The molecule has 0 saturated heterocycles. The lowest BCUT2D eigenvalue weighted by Gasteiger charge is -2.10. The highest BCUT2D eigenvalue weighted by molar-refractivity contribution is 6.11. The van der Waals surface area contributed by atoms with Crippen LogP contribution in [0.2, 0.25) is 0 Å². The second-order valence-electron chi connectivity index (χ2n) is 5.89. The third-order valence-corrected chi connectivity index (χ3v) is 4.06. The van der Waals surface area contributed by atoms with Gasteiger partial charge in [-0.25, -0.2) is 9.79 Å². The highest BCUT2D eigenvalue weighted by atomic mass is 16.5. The molecule has 0 fully saturated rings. The van der Waals surface area contributed by atoms with Crippen molar-refractivity contribution in [2.75, 3.05) is 0 Å². The van der Waals surface area contributed by atoms with Gasteiger partial charge in [-0.05, 0) is 35.7 Å². The molecule has 0 radical (unpaired) electrons. The number of aromatic nitrogens is 1. The number of rotatable bonds is 3. The van der Waals surface area contributed by atoms with E-state index in [4.69, 9.17) is 4.74 Å². The van der Waals surface area contributed by atoms with Crippen LogP contribution < -0.4 is 0 Å². The lowest BCUT2D eigenvalue weighted by molar-refractivity contribution is 0.0718. The second kappa shape index (κ2) is 7.62. The molecule has 0 spiro atoms. The summed E-state index contributed by atoms with van der Waals surface area (Å²) in [7, 11) is 0. The van der Waals surface area contributed by atoms with Crippen LogP contribution in [-0.2, 0) is 4.74 Å². The quantitative estimate of drug-likeness (QED) is 0.290. The van der Waals surface area contributed by atoms with Crippen LogP contribution in [-0.4, -0.2) is 16.9 Å². The number of nitrogens with zero attached hydrogens (tertiary/aromatic N) is 2. The van der Waals surface area contributed by atoms with Gasteiger partial charge in [-0.2, -0.15) is 0 Å². The number of esters is 1. The smallest absolute Gasteiger partial charge is 0.344 e. The van der Waals surface area contributed by atoms with Gasteiger partial charge in [-0.3, -0.25) is 4.98 Å². The number of benzene rings is 3. The monoisotopic (exact) mass is 352 g/mol. The molecule has 1 aromatic heterocycles. The summed E-state index contributed by atoms with van der Waals surface area (Å²) in [5.74, 6) is -0.299. The number of para-hydroxylation sites is 1. The molecule has 0 aliphatic heterocycles. The summed E-state index contributed by atoms with van der Waals surface area (Å²) in [5, 5.41) is 1.87. The van der Waals surface area contributed by atoms with Gasteiger partial charge in [0.2, 0.25) is 5.90 Å². The number of carbonyl (C=O) groups is 1. The van der Waals surface area contributed by atoms with Crippen LogP contribution in [0.4, 0.5) is 5.69 Å². The lowest BCUT2D eigenvalue weighted by atomic mass is 10.1. The third-order valence-electron chi connectivity index (χ3n) is 4.06. The van der Waals surface area contributed by atoms with Gasteiger partial charge in [0.25, 0.3) is 0 Å². The summed E-state index contributed by atoms with van der Waals surface area (Å²) in [6.07, 6.45) is 1.69. The number of ether oxygens (including phenoxy) is 1. The fourth-order valence-corrected chi connectivity index (χ4v) is 2.75. The fourth-order valence-electron chi connectivity index (χ4n) is 2.75. The molecular formula is C23H16N2O2. The second-order valence-corrected chi connectivity index (χ2v) is 5.89. The summed E-state index contributed by atoms with van der Waals surface area (Å²) in [6, 6.07) is 27.9. The van der Waals surface area contributed by atoms with E-state index in [0.717, 1.165) is 10.8 Å². The Morgan fingerprint density at radius 2 is 1.44 bits per heavy atom. The molecular weight excluding hydrogens is 336 g/mol. The van der Waals surface area contributed by atoms with Gasteiger partial charge < -0.3 is 4.74 Å². The zero-order valence-electron chi connectivity index (χ0n) is 14.4. The summed E-state index contributed by atoms with van der Waals surface area (Å²) in [4.78, 5) is 21.6. The van der Waals surface area contributed by atoms with Crippen LogP contribution in [0, 0.1) is 0 Å². The largest absolute Gasteiger partial charge is 0.401 e. The summed E-state index contributed by atoms with van der Waals surface area (Å²) in [6.45, 7) is 0. The van der Waals surface area contributed by atoms with Crippen LogP contribution >= 0.6 is 0 Å². The number of pyridine rings is 1. The standard InChI is InChI=1S/C23H16N2O2/c26-23(18-10-3-1-4-11-18)27-22(25-19-12-5-2-6-13-19)21-20-14-8-7-9-17(20)15-16-24-21/h1-16H. The Morgan fingerprint density at radius 3 is 2.22 bits per heavy atom. The molecule has 130 valence electrons. The van der Waals surface area contributed by atoms with Gasteiger partial charge in [0, 0.05) is 11.6 Å². The molecule has 4 nitrogen and oxygen atoms in total. The predicted octanol–water partition coefficient (Wildman–Crippen LogP) is 5.17. The van der Waals surface area contributed by atoms with E-state index in [1.807, 2.05) is 66.7 Å². The van der Waals surface area contributed by atoms with Crippen LogP contribution in [0.3, 0.4) is 0 Å². The average molecular weight is 352 g/mol. The molecule has 0 N–H and O–H groups in total. The molecule has 0 aliphatic carbocycles. The van der Waals surface area contributed by atoms with E-state index in [0.29, 0.717) is 16.9 Å². The van der Waals surface area contributed by atoms with E-state index in [1.54, 1.807) is 30.5 Å². The first kappa shape index (κ1) is 16.7. The van der Waals surface area contributed by atoms with Gasteiger partial charge in [-0.15, -0.1) is 0 Å². The molecule has 0 saturated carbocycles. The molecule has 0 aliphatic rings. The normalized spacial score (nSPS) is 11.3. The summed E-state index contributed by atoms with van der Waals surface area (Å²) < 4.78 is 5.68. The van der Waals surface area contributed by atoms with E-state index in [-0.39, 0.29) is 5.90 Å². The Kier molecular flexibility index (Phi) is 4.70. The first-order valence-corrected chi connectivity index (χ1v) is 8.56. The maximum Gasteiger partial charge on any atom is 0.344 e. The third kappa shape index (κ3) is 3.75. The fraction of sp³-hybridized carbons (Fsp3) is 0. The topological polar surface area (TPSA) is 51.5 Å². The molecule has 4 aromatic rings. The van der Waals surface area contributed by atoms with Crippen molar-refractivity contribution >= 4 is 28.3 Å². The molecule has 3 aromatic carbocycles. The van der Waals surface area contributed by atoms with Crippen molar-refractivity contribution < 1.29 is 9.53 Å². The van der Waals surface area contributed by atoms with Crippen molar-refractivity contribution in [2.24, 2.45) is 4.99 Å². The zero-order chi connectivity index (χ0) is 18.5. The van der Waals surface area contributed by atoms with Gasteiger partial charge in [0.1, 0.15) is 5.69 Å². The van der Waals surface area contributed by atoms with Gasteiger partial charge in [-0.1, -0.05) is 60.7 Å². The number of fused-ring (bicyclic) bond motifs is 1. The Bertz CT molecular complexity index is 1100. The van der Waals surface area contributed by atoms with Gasteiger partial charge in [0.05, 0.1) is 11.3 Å². The molecule has 1 heterocycles. The molecule has 0 amide bonds. The lowest BCUT2D eigenvalue weighted by Crippen LogP contribution is -2.15. The Labute approximate surface area is 156 Å². The van der Waals surface area contributed by atoms with Crippen molar-refractivity contribution in [3.05, 3.63) is 108 Å².